The summed E-state index contributed by atoms with van der Waals surface area (Å²) in [6, 6.07) is 0. The highest BCUT2D eigenvalue weighted by Crippen LogP contribution is 2.43. The second-order valence-corrected chi connectivity index (χ2v) is 21.6. The summed E-state index contributed by atoms with van der Waals surface area (Å²) in [5, 5.41) is 8.00. The van der Waals surface area contributed by atoms with Crippen molar-refractivity contribution in [3.63, 3.8) is 0 Å². The van der Waals surface area contributed by atoms with Gasteiger partial charge in [-0.2, -0.15) is 48.8 Å². The van der Waals surface area contributed by atoms with Gasteiger partial charge >= 0.3 is 0 Å². The SMILES string of the molecule is CC(C)(C)Br.CC(C)(C)SCC1(CSC(C)(C)C)COc2cscc2OC1.SCC1(CS)COc2cscc2OC1. The van der Waals surface area contributed by atoms with Crippen LogP contribution in [0.15, 0.2) is 21.5 Å². The first-order chi connectivity index (χ1) is 18.9. The highest BCUT2D eigenvalue weighted by molar-refractivity contribution is 9.10. The van der Waals surface area contributed by atoms with Crippen molar-refractivity contribution in [2.45, 2.75) is 76.1 Å². The monoisotopic (exact) mass is 744 g/mol. The molecule has 4 rings (SSSR count). The third-order valence-corrected chi connectivity index (χ3v) is 11.6. The number of alkyl halides is 1. The number of rotatable bonds is 6. The van der Waals surface area contributed by atoms with Gasteiger partial charge in [0.25, 0.3) is 0 Å². The quantitative estimate of drug-likeness (QED) is 0.227. The maximum atomic E-state index is 6.09. The molecule has 4 heterocycles. The lowest BCUT2D eigenvalue weighted by Gasteiger charge is -2.35. The van der Waals surface area contributed by atoms with Crippen molar-refractivity contribution in [3.05, 3.63) is 21.5 Å². The molecule has 0 saturated carbocycles. The van der Waals surface area contributed by atoms with Crippen molar-refractivity contribution in [3.8, 4) is 23.0 Å². The molecule has 2 aliphatic heterocycles. The summed E-state index contributed by atoms with van der Waals surface area (Å²) in [5.74, 6) is 7.09. The third-order valence-electron chi connectivity index (χ3n) is 5.62. The second-order valence-electron chi connectivity index (χ2n) is 13.5. The topological polar surface area (TPSA) is 36.9 Å². The van der Waals surface area contributed by atoms with Crippen molar-refractivity contribution in [2.75, 3.05) is 49.4 Å². The van der Waals surface area contributed by atoms with Crippen LogP contribution in [0.5, 0.6) is 23.0 Å². The molecule has 0 saturated heterocycles. The summed E-state index contributed by atoms with van der Waals surface area (Å²) in [6.07, 6.45) is 0. The summed E-state index contributed by atoms with van der Waals surface area (Å²) in [6.45, 7) is 22.7. The first kappa shape index (κ1) is 37.7. The van der Waals surface area contributed by atoms with Gasteiger partial charge in [-0.1, -0.05) is 78.2 Å². The molecule has 0 atom stereocenters. The fourth-order valence-electron chi connectivity index (χ4n) is 3.15. The van der Waals surface area contributed by atoms with Crippen LogP contribution in [0.2, 0.25) is 0 Å². The second kappa shape index (κ2) is 16.2. The Labute approximate surface area is 285 Å². The third kappa shape index (κ3) is 14.4. The van der Waals surface area contributed by atoms with Gasteiger partial charge in [0, 0.05) is 58.3 Å². The molecule has 0 amide bonds. The lowest BCUT2D eigenvalue weighted by Crippen LogP contribution is -2.40. The molecule has 2 aliphatic rings. The smallest absolute Gasteiger partial charge is 0.171 e. The number of thioether (sulfide) groups is 2. The van der Waals surface area contributed by atoms with E-state index in [-0.39, 0.29) is 20.3 Å². The number of thiophene rings is 2. The van der Waals surface area contributed by atoms with Crippen molar-refractivity contribution >= 4 is 87.4 Å². The van der Waals surface area contributed by atoms with Crippen LogP contribution in [0.25, 0.3) is 0 Å². The van der Waals surface area contributed by atoms with Crippen molar-refractivity contribution in [1.82, 2.24) is 0 Å². The van der Waals surface area contributed by atoms with Gasteiger partial charge in [0.2, 0.25) is 0 Å². The van der Waals surface area contributed by atoms with E-state index in [9.17, 15) is 0 Å². The Kier molecular flexibility index (Phi) is 14.8. The molecule has 2 aromatic rings. The van der Waals surface area contributed by atoms with E-state index >= 15 is 0 Å². The van der Waals surface area contributed by atoms with Gasteiger partial charge in [0.1, 0.15) is 0 Å². The van der Waals surface area contributed by atoms with E-state index in [0.29, 0.717) is 17.5 Å². The zero-order chi connectivity index (χ0) is 31.0. The Morgan fingerprint density at radius 3 is 1.15 bits per heavy atom. The first-order valence-corrected chi connectivity index (χ1v) is 19.6. The molecule has 0 unspecified atom stereocenters. The lowest BCUT2D eigenvalue weighted by molar-refractivity contribution is 0.148. The zero-order valence-corrected chi connectivity index (χ0v) is 32.6. The molecule has 2 aromatic heterocycles. The number of ether oxygens (including phenoxy) is 4. The molecule has 0 fully saturated rings. The molecular weight excluding hydrogens is 697 g/mol. The molecule has 0 bridgehead atoms. The normalized spacial score (nSPS) is 17.7. The molecule has 4 nitrogen and oxygen atoms in total. The number of hydrogen-bond acceptors (Lipinski definition) is 10. The predicted octanol–water partition coefficient (Wildman–Crippen LogP) is 10.1. The summed E-state index contributed by atoms with van der Waals surface area (Å²) in [4.78, 5) is 0. The van der Waals surface area contributed by atoms with Gasteiger partial charge in [0.05, 0.1) is 37.3 Å². The molecule has 0 radical (unpaired) electrons. The van der Waals surface area contributed by atoms with Crippen LogP contribution in [0.4, 0.5) is 0 Å². The minimum atomic E-state index is -0.0666. The maximum absolute atomic E-state index is 6.09. The van der Waals surface area contributed by atoms with Crippen LogP contribution in [-0.2, 0) is 0 Å². The average Bonchev–Trinajstić information content (AvgIpc) is 3.43. The van der Waals surface area contributed by atoms with Crippen LogP contribution in [0, 0.1) is 10.8 Å². The minimum Gasteiger partial charge on any atom is -0.488 e. The van der Waals surface area contributed by atoms with Crippen LogP contribution in [0.3, 0.4) is 0 Å². The molecule has 0 spiro atoms. The Morgan fingerprint density at radius 1 is 0.634 bits per heavy atom. The fourth-order valence-corrected chi connectivity index (χ4v) is 7.43. The van der Waals surface area contributed by atoms with Crippen molar-refractivity contribution < 1.29 is 18.9 Å². The van der Waals surface area contributed by atoms with Gasteiger partial charge in [-0.25, -0.2) is 0 Å². The molecule has 0 aromatic carbocycles. The standard InChI is InChI=1S/C17H28O2S3.C9H12O2S3.C4H9Br/c1-15(2,3)21-11-17(12-22-16(4,5)6)9-18-13-7-20-8-14(13)19-10-17;12-5-9(6-13)3-10-7-1-14-2-8(7)11-4-9;1-4(2,3)5/h7-8H,9-12H2,1-6H3;1-2,12-13H,3-6H2;1-3H3. The van der Waals surface area contributed by atoms with Crippen LogP contribution in [-0.4, -0.2) is 63.3 Å². The van der Waals surface area contributed by atoms with Gasteiger partial charge in [-0.3, -0.25) is 0 Å². The summed E-state index contributed by atoms with van der Waals surface area (Å²) in [5.41, 5.74) is -0.00448. The van der Waals surface area contributed by atoms with Crippen molar-refractivity contribution in [2.24, 2.45) is 10.8 Å². The van der Waals surface area contributed by atoms with E-state index in [2.05, 4.69) is 104 Å². The Hall–Kier alpha value is 0.480. The van der Waals surface area contributed by atoms with E-state index in [1.807, 2.05) is 45.0 Å². The van der Waals surface area contributed by atoms with Gasteiger partial charge in [-0.05, 0) is 0 Å². The number of fused-ring (bicyclic) bond motifs is 2. The Morgan fingerprint density at radius 2 is 0.902 bits per heavy atom. The molecule has 41 heavy (non-hydrogen) atoms. The molecule has 0 N–H and O–H groups in total. The van der Waals surface area contributed by atoms with E-state index in [0.717, 1.165) is 59.2 Å². The van der Waals surface area contributed by atoms with Crippen LogP contribution < -0.4 is 18.9 Å². The number of thiol groups is 2. The van der Waals surface area contributed by atoms with E-state index in [1.165, 1.54) is 0 Å². The lowest BCUT2D eigenvalue weighted by atomic mass is 9.95. The zero-order valence-electron chi connectivity index (χ0n) is 26.0. The summed E-state index contributed by atoms with van der Waals surface area (Å²) < 4.78 is 24.4. The van der Waals surface area contributed by atoms with Crippen LogP contribution in [0.1, 0.15) is 62.3 Å². The largest absolute Gasteiger partial charge is 0.488 e. The van der Waals surface area contributed by atoms with Crippen LogP contribution >= 0.6 is 87.4 Å². The molecular formula is C30H49BrO4S6. The summed E-state index contributed by atoms with van der Waals surface area (Å²) in [7, 11) is 0. The number of hydrogen-bond donors (Lipinski definition) is 2. The fraction of sp³-hybridized carbons (Fsp3) is 0.733. The Bertz CT molecular complexity index is 958. The van der Waals surface area contributed by atoms with E-state index in [1.54, 1.807) is 22.7 Å². The van der Waals surface area contributed by atoms with Gasteiger partial charge < -0.3 is 18.9 Å². The van der Waals surface area contributed by atoms with E-state index in [4.69, 9.17) is 18.9 Å². The molecule has 11 heteroatoms. The number of halogens is 1. The molecule has 236 valence electrons. The maximum Gasteiger partial charge on any atom is 0.171 e. The predicted molar refractivity (Wildman–Crippen MR) is 196 cm³/mol. The first-order valence-electron chi connectivity index (χ1n) is 13.7. The van der Waals surface area contributed by atoms with Gasteiger partial charge in [-0.15, -0.1) is 22.7 Å². The summed E-state index contributed by atoms with van der Waals surface area (Å²) >= 11 is 19.3. The highest BCUT2D eigenvalue weighted by atomic mass is 79.9. The van der Waals surface area contributed by atoms with Gasteiger partial charge in [0.15, 0.2) is 23.0 Å². The minimum absolute atomic E-state index is 0.0621. The highest BCUT2D eigenvalue weighted by Gasteiger charge is 2.38. The Balaban J connectivity index is 0.000000263. The van der Waals surface area contributed by atoms with Crippen molar-refractivity contribution in [1.29, 1.82) is 0 Å². The molecule has 0 aliphatic carbocycles. The van der Waals surface area contributed by atoms with E-state index < -0.39 is 0 Å². The average molecular weight is 746 g/mol.